The predicted molar refractivity (Wildman–Crippen MR) is 84.6 cm³/mol. The van der Waals surface area contributed by atoms with E-state index in [1.54, 1.807) is 7.05 Å². The van der Waals surface area contributed by atoms with Gasteiger partial charge in [0, 0.05) is 20.1 Å². The molecule has 1 aliphatic rings. The molecule has 0 atom stereocenters. The normalized spacial score (nSPS) is 17.8. The molecule has 20 heavy (non-hydrogen) atoms. The molecule has 0 spiro atoms. The van der Waals surface area contributed by atoms with Gasteiger partial charge in [-0.05, 0) is 37.1 Å². The molecule has 2 rings (SSSR count). The van der Waals surface area contributed by atoms with Gasteiger partial charge >= 0.3 is 0 Å². The van der Waals surface area contributed by atoms with Gasteiger partial charge in [-0.25, -0.2) is 0 Å². The van der Waals surface area contributed by atoms with Crippen LogP contribution >= 0.6 is 0 Å². The summed E-state index contributed by atoms with van der Waals surface area (Å²) >= 11 is 0. The highest BCUT2D eigenvalue weighted by molar-refractivity contribution is 5.77. The Labute approximate surface area is 122 Å². The molecule has 1 aliphatic heterocycles. The second kappa shape index (κ2) is 7.90. The molecule has 0 unspecified atom stereocenters. The molecule has 110 valence electrons. The lowest BCUT2D eigenvalue weighted by Crippen LogP contribution is -2.31. The van der Waals surface area contributed by atoms with Crippen LogP contribution in [0.1, 0.15) is 36.8 Å². The first-order valence-corrected chi connectivity index (χ1v) is 7.55. The van der Waals surface area contributed by atoms with Gasteiger partial charge in [-0.3, -0.25) is 9.89 Å². The molecule has 1 aromatic rings. The standard InChI is InChI=1S/C16H26N4/c1-18-16(17)19-12-14-8-4-5-9-15(14)13-20-10-6-2-3-7-11-20/h4-5,8-9H,2-3,6-7,10-13H2,1H3,(H3,17,18,19). The fourth-order valence-electron chi connectivity index (χ4n) is 2.68. The SMILES string of the molecule is CN=C(N)NCc1ccccc1CN1CCCCCC1. The van der Waals surface area contributed by atoms with Crippen molar-refractivity contribution in [3.05, 3.63) is 35.4 Å². The van der Waals surface area contributed by atoms with Crippen LogP contribution in [0, 0.1) is 0 Å². The summed E-state index contributed by atoms with van der Waals surface area (Å²) in [6.45, 7) is 4.23. The maximum absolute atomic E-state index is 5.70. The van der Waals surface area contributed by atoms with Crippen molar-refractivity contribution in [1.82, 2.24) is 10.2 Å². The molecule has 0 saturated carbocycles. The number of nitrogens with zero attached hydrogens (tertiary/aromatic N) is 2. The highest BCUT2D eigenvalue weighted by Gasteiger charge is 2.11. The third-order valence-corrected chi connectivity index (χ3v) is 3.91. The largest absolute Gasteiger partial charge is 0.370 e. The highest BCUT2D eigenvalue weighted by atomic mass is 15.1. The molecule has 0 aliphatic carbocycles. The molecule has 0 amide bonds. The smallest absolute Gasteiger partial charge is 0.188 e. The van der Waals surface area contributed by atoms with E-state index in [1.807, 2.05) is 0 Å². The van der Waals surface area contributed by atoms with E-state index in [0.717, 1.165) is 13.1 Å². The summed E-state index contributed by atoms with van der Waals surface area (Å²) in [6, 6.07) is 8.60. The zero-order valence-electron chi connectivity index (χ0n) is 12.4. The lowest BCUT2D eigenvalue weighted by molar-refractivity contribution is 0.276. The molecule has 1 saturated heterocycles. The van der Waals surface area contributed by atoms with Crippen molar-refractivity contribution in [3.63, 3.8) is 0 Å². The van der Waals surface area contributed by atoms with Crippen LogP contribution in [0.4, 0.5) is 0 Å². The number of hydrogen-bond acceptors (Lipinski definition) is 2. The molecular weight excluding hydrogens is 248 g/mol. The van der Waals surface area contributed by atoms with E-state index < -0.39 is 0 Å². The number of guanidine groups is 1. The van der Waals surface area contributed by atoms with Gasteiger partial charge in [0.1, 0.15) is 0 Å². The van der Waals surface area contributed by atoms with Crippen LogP contribution in [0.2, 0.25) is 0 Å². The molecule has 0 aromatic heterocycles. The van der Waals surface area contributed by atoms with Gasteiger partial charge in [0.2, 0.25) is 0 Å². The van der Waals surface area contributed by atoms with Crippen molar-refractivity contribution < 1.29 is 0 Å². The van der Waals surface area contributed by atoms with Crippen molar-refractivity contribution in [2.45, 2.75) is 38.8 Å². The van der Waals surface area contributed by atoms with E-state index in [0.29, 0.717) is 5.96 Å². The molecule has 0 bridgehead atoms. The maximum atomic E-state index is 5.70. The average molecular weight is 274 g/mol. The van der Waals surface area contributed by atoms with E-state index in [1.165, 1.54) is 49.9 Å². The van der Waals surface area contributed by atoms with Crippen LogP contribution in [0.15, 0.2) is 29.3 Å². The number of aliphatic imine (C=N–C) groups is 1. The Hall–Kier alpha value is -1.55. The van der Waals surface area contributed by atoms with Crippen LogP contribution in [0.3, 0.4) is 0 Å². The number of rotatable bonds is 4. The molecule has 4 nitrogen and oxygen atoms in total. The fraction of sp³-hybridized carbons (Fsp3) is 0.562. The summed E-state index contributed by atoms with van der Waals surface area (Å²) in [7, 11) is 1.70. The van der Waals surface area contributed by atoms with Gasteiger partial charge < -0.3 is 11.1 Å². The number of hydrogen-bond donors (Lipinski definition) is 2. The van der Waals surface area contributed by atoms with Crippen LogP contribution in [-0.4, -0.2) is 31.0 Å². The van der Waals surface area contributed by atoms with Gasteiger partial charge in [0.25, 0.3) is 0 Å². The summed E-state index contributed by atoms with van der Waals surface area (Å²) in [4.78, 5) is 6.51. The first kappa shape index (κ1) is 14.9. The van der Waals surface area contributed by atoms with Gasteiger partial charge in [-0.2, -0.15) is 0 Å². The number of nitrogens with two attached hydrogens (primary N) is 1. The lowest BCUT2D eigenvalue weighted by Gasteiger charge is -2.21. The van der Waals surface area contributed by atoms with Crippen LogP contribution in [-0.2, 0) is 13.1 Å². The Balaban J connectivity index is 1.99. The number of nitrogens with one attached hydrogen (secondary N) is 1. The van der Waals surface area contributed by atoms with Crippen molar-refractivity contribution in [2.24, 2.45) is 10.7 Å². The van der Waals surface area contributed by atoms with E-state index in [2.05, 4.69) is 39.5 Å². The monoisotopic (exact) mass is 274 g/mol. The van der Waals surface area contributed by atoms with E-state index in [9.17, 15) is 0 Å². The topological polar surface area (TPSA) is 53.6 Å². The average Bonchev–Trinajstić information content (AvgIpc) is 2.74. The zero-order valence-corrected chi connectivity index (χ0v) is 12.4. The number of likely N-dealkylation sites (tertiary alicyclic amines) is 1. The molecule has 1 aromatic carbocycles. The Morgan fingerprint density at radius 2 is 1.80 bits per heavy atom. The highest BCUT2D eigenvalue weighted by Crippen LogP contribution is 2.16. The van der Waals surface area contributed by atoms with Crippen LogP contribution < -0.4 is 11.1 Å². The maximum Gasteiger partial charge on any atom is 0.188 e. The summed E-state index contributed by atoms with van der Waals surface area (Å²) in [5.74, 6) is 0.495. The lowest BCUT2D eigenvalue weighted by atomic mass is 10.1. The zero-order chi connectivity index (χ0) is 14.2. The van der Waals surface area contributed by atoms with Crippen molar-refractivity contribution >= 4 is 5.96 Å². The first-order valence-electron chi connectivity index (χ1n) is 7.55. The first-order chi connectivity index (χ1) is 9.79. The summed E-state index contributed by atoms with van der Waals surface area (Å²) in [6.07, 6.45) is 5.41. The minimum Gasteiger partial charge on any atom is -0.370 e. The van der Waals surface area contributed by atoms with E-state index >= 15 is 0 Å². The van der Waals surface area contributed by atoms with Gasteiger partial charge in [-0.1, -0.05) is 37.1 Å². The Bertz CT molecular complexity index is 434. The number of benzene rings is 1. The Morgan fingerprint density at radius 1 is 1.15 bits per heavy atom. The van der Waals surface area contributed by atoms with Gasteiger partial charge in [-0.15, -0.1) is 0 Å². The summed E-state index contributed by atoms with van der Waals surface area (Å²) in [5, 5.41) is 3.15. The Kier molecular flexibility index (Phi) is 5.87. The minimum atomic E-state index is 0.495. The summed E-state index contributed by atoms with van der Waals surface area (Å²) < 4.78 is 0. The molecule has 0 radical (unpaired) electrons. The van der Waals surface area contributed by atoms with Crippen molar-refractivity contribution in [1.29, 1.82) is 0 Å². The second-order valence-corrected chi connectivity index (χ2v) is 5.42. The van der Waals surface area contributed by atoms with Crippen molar-refractivity contribution in [3.8, 4) is 0 Å². The van der Waals surface area contributed by atoms with E-state index in [-0.39, 0.29) is 0 Å². The van der Waals surface area contributed by atoms with E-state index in [4.69, 9.17) is 5.73 Å². The second-order valence-electron chi connectivity index (χ2n) is 5.42. The predicted octanol–water partition coefficient (Wildman–Crippen LogP) is 2.10. The van der Waals surface area contributed by atoms with Gasteiger partial charge in [0.15, 0.2) is 5.96 Å². The third-order valence-electron chi connectivity index (χ3n) is 3.91. The van der Waals surface area contributed by atoms with Crippen LogP contribution in [0.25, 0.3) is 0 Å². The Morgan fingerprint density at radius 3 is 2.45 bits per heavy atom. The molecule has 4 heteroatoms. The molecule has 1 heterocycles. The molecule has 1 fully saturated rings. The fourth-order valence-corrected chi connectivity index (χ4v) is 2.68. The third kappa shape index (κ3) is 4.53. The summed E-state index contributed by atoms with van der Waals surface area (Å²) in [5.41, 5.74) is 8.41. The molecular formula is C16H26N4. The van der Waals surface area contributed by atoms with Crippen LogP contribution in [0.5, 0.6) is 0 Å². The van der Waals surface area contributed by atoms with Gasteiger partial charge in [0.05, 0.1) is 0 Å². The quantitative estimate of drug-likeness (QED) is 0.653. The minimum absolute atomic E-state index is 0.495. The van der Waals surface area contributed by atoms with Crippen molar-refractivity contribution in [2.75, 3.05) is 20.1 Å². The molecule has 3 N–H and O–H groups in total.